The summed E-state index contributed by atoms with van der Waals surface area (Å²) in [6.07, 6.45) is 4.89. The summed E-state index contributed by atoms with van der Waals surface area (Å²) >= 11 is 0. The smallest absolute Gasteiger partial charge is 0.247 e. The van der Waals surface area contributed by atoms with Crippen molar-refractivity contribution < 1.29 is 9.84 Å². The van der Waals surface area contributed by atoms with E-state index in [4.69, 9.17) is 4.74 Å². The molecule has 1 aromatic carbocycles. The lowest BCUT2D eigenvalue weighted by molar-refractivity contribution is 0.168. The molecule has 27 heavy (non-hydrogen) atoms. The minimum absolute atomic E-state index is 0.432. The Morgan fingerprint density at radius 1 is 1.22 bits per heavy atom. The first kappa shape index (κ1) is 17.0. The van der Waals surface area contributed by atoms with Crippen molar-refractivity contribution in [2.75, 3.05) is 12.4 Å². The Balaban J connectivity index is 1.63. The van der Waals surface area contributed by atoms with Gasteiger partial charge in [0.2, 0.25) is 5.95 Å². The van der Waals surface area contributed by atoms with Crippen molar-refractivity contribution in [3.63, 3.8) is 0 Å². The molecule has 0 aliphatic heterocycles. The zero-order chi connectivity index (χ0) is 18.8. The van der Waals surface area contributed by atoms with Crippen LogP contribution in [-0.4, -0.2) is 42.7 Å². The van der Waals surface area contributed by atoms with Gasteiger partial charge in [0.05, 0.1) is 31.6 Å². The molecule has 0 saturated heterocycles. The molecule has 2 N–H and O–H groups in total. The molecule has 1 unspecified atom stereocenters. The number of aliphatic hydroxyl groups is 1. The zero-order valence-corrected chi connectivity index (χ0v) is 15.1. The van der Waals surface area contributed by atoms with Crippen LogP contribution in [0.2, 0.25) is 0 Å². The number of aromatic nitrogens is 5. The molecular weight excluding hydrogens is 344 g/mol. The molecule has 8 heteroatoms. The number of nitrogens with zero attached hydrogens (tertiary/aromatic N) is 5. The van der Waals surface area contributed by atoms with Crippen molar-refractivity contribution in [1.82, 2.24) is 24.4 Å². The highest BCUT2D eigenvalue weighted by Gasteiger charge is 2.11. The largest absolute Gasteiger partial charge is 0.497 e. The fourth-order valence-electron chi connectivity index (χ4n) is 2.88. The predicted molar refractivity (Wildman–Crippen MR) is 102 cm³/mol. The van der Waals surface area contributed by atoms with Crippen LogP contribution in [0.1, 0.15) is 6.92 Å². The summed E-state index contributed by atoms with van der Waals surface area (Å²) in [5.74, 6) is 1.29. The highest BCUT2D eigenvalue weighted by molar-refractivity contribution is 5.78. The molecule has 1 atom stereocenters. The Labute approximate surface area is 156 Å². The van der Waals surface area contributed by atoms with Gasteiger partial charge in [-0.3, -0.25) is 4.68 Å². The van der Waals surface area contributed by atoms with E-state index in [1.807, 2.05) is 48.8 Å². The lowest BCUT2D eigenvalue weighted by atomic mass is 10.1. The molecule has 0 fully saturated rings. The van der Waals surface area contributed by atoms with Gasteiger partial charge >= 0.3 is 0 Å². The number of rotatable bonds is 6. The van der Waals surface area contributed by atoms with Gasteiger partial charge in [0.1, 0.15) is 5.75 Å². The van der Waals surface area contributed by atoms with Crippen molar-refractivity contribution in [1.29, 1.82) is 0 Å². The number of ether oxygens (including phenoxy) is 1. The van der Waals surface area contributed by atoms with E-state index in [0.29, 0.717) is 12.5 Å². The molecule has 0 saturated carbocycles. The van der Waals surface area contributed by atoms with E-state index in [9.17, 15) is 5.11 Å². The number of hydrogen-bond acceptors (Lipinski definition) is 6. The second kappa shape index (κ2) is 7.08. The van der Waals surface area contributed by atoms with Crippen LogP contribution in [0, 0.1) is 0 Å². The number of aliphatic hydroxyl groups excluding tert-OH is 1. The van der Waals surface area contributed by atoms with Crippen LogP contribution in [0.5, 0.6) is 5.75 Å². The first-order valence-electron chi connectivity index (χ1n) is 8.60. The standard InChI is InChI=1S/C19H20N6O2/c1-13(26)11-24-12-15(10-20-24)21-19-22-18-17(4-3-9-25(18)23-19)14-5-7-16(27-2)8-6-14/h3-10,12-13,26H,11H2,1-2H3,(H,21,23). The predicted octanol–water partition coefficient (Wildman–Crippen LogP) is 2.73. The second-order valence-corrected chi connectivity index (χ2v) is 6.28. The number of hydrogen-bond donors (Lipinski definition) is 2. The molecule has 3 heterocycles. The Morgan fingerprint density at radius 2 is 2.04 bits per heavy atom. The van der Waals surface area contributed by atoms with Crippen LogP contribution in [0.15, 0.2) is 55.0 Å². The van der Waals surface area contributed by atoms with E-state index in [0.717, 1.165) is 28.2 Å². The quantitative estimate of drug-likeness (QED) is 0.547. The van der Waals surface area contributed by atoms with E-state index in [-0.39, 0.29) is 0 Å². The number of benzene rings is 1. The Hall–Kier alpha value is -3.39. The third kappa shape index (κ3) is 3.61. The van der Waals surface area contributed by atoms with E-state index in [2.05, 4.69) is 20.5 Å². The van der Waals surface area contributed by atoms with Gasteiger partial charge in [0.15, 0.2) is 5.65 Å². The maximum absolute atomic E-state index is 9.45. The minimum Gasteiger partial charge on any atom is -0.497 e. The number of fused-ring (bicyclic) bond motifs is 1. The third-order valence-electron chi connectivity index (χ3n) is 4.10. The SMILES string of the molecule is COc1ccc(-c2cccn3nc(Nc4cnn(CC(C)O)c4)nc23)cc1. The molecule has 3 aromatic heterocycles. The topological polar surface area (TPSA) is 89.5 Å². The zero-order valence-electron chi connectivity index (χ0n) is 15.1. The molecule has 0 radical (unpaired) electrons. The molecule has 0 amide bonds. The van der Waals surface area contributed by atoms with Crippen LogP contribution in [0.3, 0.4) is 0 Å². The van der Waals surface area contributed by atoms with Gasteiger partial charge in [-0.15, -0.1) is 5.10 Å². The number of anilines is 2. The Kier molecular flexibility index (Phi) is 4.47. The summed E-state index contributed by atoms with van der Waals surface area (Å²) in [6, 6.07) is 11.8. The minimum atomic E-state index is -0.460. The average Bonchev–Trinajstić information content (AvgIpc) is 3.27. The van der Waals surface area contributed by atoms with E-state index < -0.39 is 6.10 Å². The summed E-state index contributed by atoms with van der Waals surface area (Å²) in [4.78, 5) is 4.62. The van der Waals surface area contributed by atoms with Gasteiger partial charge in [-0.1, -0.05) is 12.1 Å². The van der Waals surface area contributed by atoms with Gasteiger partial charge in [-0.05, 0) is 36.8 Å². The summed E-state index contributed by atoms with van der Waals surface area (Å²) in [6.45, 7) is 2.15. The van der Waals surface area contributed by atoms with Gasteiger partial charge in [0.25, 0.3) is 0 Å². The van der Waals surface area contributed by atoms with Gasteiger partial charge in [0, 0.05) is 18.0 Å². The van der Waals surface area contributed by atoms with Gasteiger partial charge < -0.3 is 15.2 Å². The lowest BCUT2D eigenvalue weighted by Gasteiger charge is -2.04. The van der Waals surface area contributed by atoms with Crippen LogP contribution in [-0.2, 0) is 6.54 Å². The molecule has 4 rings (SSSR count). The normalized spacial score (nSPS) is 12.3. The van der Waals surface area contributed by atoms with Crippen molar-refractivity contribution in [3.8, 4) is 16.9 Å². The van der Waals surface area contributed by atoms with Gasteiger partial charge in [-0.2, -0.15) is 10.1 Å². The van der Waals surface area contributed by atoms with Crippen LogP contribution < -0.4 is 10.1 Å². The number of methoxy groups -OCH3 is 1. The Morgan fingerprint density at radius 3 is 2.78 bits per heavy atom. The first-order valence-corrected chi connectivity index (χ1v) is 8.60. The third-order valence-corrected chi connectivity index (χ3v) is 4.10. The molecule has 0 spiro atoms. The lowest BCUT2D eigenvalue weighted by Crippen LogP contribution is -2.11. The van der Waals surface area contributed by atoms with Crippen LogP contribution in [0.4, 0.5) is 11.6 Å². The van der Waals surface area contributed by atoms with E-state index in [1.165, 1.54) is 0 Å². The summed E-state index contributed by atoms with van der Waals surface area (Å²) in [5.41, 5.74) is 3.52. The highest BCUT2D eigenvalue weighted by Crippen LogP contribution is 2.26. The second-order valence-electron chi connectivity index (χ2n) is 6.28. The molecule has 0 aliphatic rings. The molecular formula is C19H20N6O2. The fourth-order valence-corrected chi connectivity index (χ4v) is 2.88. The molecule has 8 nitrogen and oxygen atoms in total. The molecule has 138 valence electrons. The Bertz CT molecular complexity index is 1050. The summed E-state index contributed by atoms with van der Waals surface area (Å²) in [7, 11) is 1.65. The van der Waals surface area contributed by atoms with Crippen LogP contribution in [0.25, 0.3) is 16.8 Å². The first-order chi connectivity index (χ1) is 13.1. The van der Waals surface area contributed by atoms with Crippen molar-refractivity contribution in [2.24, 2.45) is 0 Å². The van der Waals surface area contributed by atoms with Crippen LogP contribution >= 0.6 is 0 Å². The molecule has 0 aliphatic carbocycles. The van der Waals surface area contributed by atoms with Crippen molar-refractivity contribution in [2.45, 2.75) is 19.6 Å². The molecule has 0 bridgehead atoms. The van der Waals surface area contributed by atoms with Crippen molar-refractivity contribution >= 4 is 17.3 Å². The summed E-state index contributed by atoms with van der Waals surface area (Å²) < 4.78 is 8.63. The maximum Gasteiger partial charge on any atom is 0.247 e. The monoisotopic (exact) mass is 364 g/mol. The number of nitrogens with one attached hydrogen (secondary N) is 1. The van der Waals surface area contributed by atoms with Gasteiger partial charge in [-0.25, -0.2) is 4.52 Å². The highest BCUT2D eigenvalue weighted by atomic mass is 16.5. The average molecular weight is 364 g/mol. The van der Waals surface area contributed by atoms with E-state index in [1.54, 1.807) is 29.4 Å². The van der Waals surface area contributed by atoms with Crippen molar-refractivity contribution in [3.05, 3.63) is 55.0 Å². The van der Waals surface area contributed by atoms with E-state index >= 15 is 0 Å². The maximum atomic E-state index is 9.45. The number of pyridine rings is 1. The summed E-state index contributed by atoms with van der Waals surface area (Å²) in [5, 5.41) is 21.3. The fraction of sp³-hybridized carbons (Fsp3) is 0.211. The molecule has 4 aromatic rings.